The van der Waals surface area contributed by atoms with Crippen LogP contribution in [0.1, 0.15) is 6.92 Å². The number of rotatable bonds is 3. The van der Waals surface area contributed by atoms with Crippen LogP contribution >= 0.6 is 22.7 Å². The molecule has 0 bridgehead atoms. The first kappa shape index (κ1) is 10.7. The van der Waals surface area contributed by atoms with Crippen LogP contribution in [0, 0.1) is 0 Å². The molecule has 2 heterocycles. The summed E-state index contributed by atoms with van der Waals surface area (Å²) in [7, 11) is 0. The Labute approximate surface area is 107 Å². The average Bonchev–Trinajstić information content (AvgIpc) is 2.94. The molecule has 2 aromatic heterocycles. The molecule has 0 aliphatic carbocycles. The van der Waals surface area contributed by atoms with Crippen LogP contribution in [0.25, 0.3) is 20.9 Å². The van der Waals surface area contributed by atoms with E-state index >= 15 is 0 Å². The molecule has 0 atom stereocenters. The summed E-state index contributed by atoms with van der Waals surface area (Å²) >= 11 is 3.31. The van der Waals surface area contributed by atoms with Crippen molar-refractivity contribution in [3.05, 3.63) is 29.6 Å². The van der Waals surface area contributed by atoms with Gasteiger partial charge in [0.2, 0.25) is 0 Å². The Balaban J connectivity index is 2.01. The second-order valence-electron chi connectivity index (χ2n) is 3.55. The van der Waals surface area contributed by atoms with Crippen LogP contribution in [0.5, 0.6) is 0 Å². The molecule has 0 spiro atoms. The maximum atomic E-state index is 4.59. The van der Waals surface area contributed by atoms with Gasteiger partial charge in [0.1, 0.15) is 10.7 Å². The predicted molar refractivity (Wildman–Crippen MR) is 74.9 cm³/mol. The summed E-state index contributed by atoms with van der Waals surface area (Å²) in [5.74, 6) is 0. The van der Waals surface area contributed by atoms with Crippen molar-refractivity contribution in [1.82, 2.24) is 9.97 Å². The number of nitrogens with one attached hydrogen (secondary N) is 1. The van der Waals surface area contributed by atoms with E-state index in [1.807, 2.05) is 18.2 Å². The Morgan fingerprint density at radius 1 is 1.24 bits per heavy atom. The average molecular weight is 261 g/mol. The van der Waals surface area contributed by atoms with Gasteiger partial charge in [-0.1, -0.05) is 12.1 Å². The minimum Gasteiger partial charge on any atom is -0.362 e. The number of hydrogen-bond acceptors (Lipinski definition) is 5. The summed E-state index contributed by atoms with van der Waals surface area (Å²) < 4.78 is 1.21. The highest BCUT2D eigenvalue weighted by Crippen LogP contribution is 2.31. The van der Waals surface area contributed by atoms with Gasteiger partial charge in [-0.25, -0.2) is 9.97 Å². The highest BCUT2D eigenvalue weighted by Gasteiger charge is 2.09. The van der Waals surface area contributed by atoms with Gasteiger partial charge in [-0.2, -0.15) is 0 Å². The van der Waals surface area contributed by atoms with Crippen molar-refractivity contribution < 1.29 is 0 Å². The number of para-hydroxylation sites is 1. The van der Waals surface area contributed by atoms with Crippen LogP contribution in [-0.4, -0.2) is 16.5 Å². The normalized spacial score (nSPS) is 10.9. The van der Waals surface area contributed by atoms with Crippen molar-refractivity contribution in [2.75, 3.05) is 11.9 Å². The molecule has 0 aliphatic heterocycles. The van der Waals surface area contributed by atoms with Crippen LogP contribution in [0.2, 0.25) is 0 Å². The summed E-state index contributed by atoms with van der Waals surface area (Å²) in [4.78, 5) is 9.11. The van der Waals surface area contributed by atoms with Crippen LogP contribution in [0.3, 0.4) is 0 Å². The van der Waals surface area contributed by atoms with E-state index < -0.39 is 0 Å². The zero-order chi connectivity index (χ0) is 11.7. The lowest BCUT2D eigenvalue weighted by Crippen LogP contribution is -1.94. The maximum Gasteiger partial charge on any atom is 0.183 e. The highest BCUT2D eigenvalue weighted by atomic mass is 32.1. The Hall–Kier alpha value is -1.46. The number of hydrogen-bond donors (Lipinski definition) is 1. The molecule has 0 unspecified atom stereocenters. The van der Waals surface area contributed by atoms with Crippen molar-refractivity contribution in [3.63, 3.8) is 0 Å². The number of nitrogens with zero attached hydrogens (tertiary/aromatic N) is 2. The SMILES string of the molecule is CCNc1nc(-c2nc3ccccc3s2)cs1. The molecule has 0 aliphatic rings. The largest absolute Gasteiger partial charge is 0.362 e. The molecule has 0 radical (unpaired) electrons. The van der Waals surface area contributed by atoms with Gasteiger partial charge in [0, 0.05) is 11.9 Å². The Morgan fingerprint density at radius 2 is 2.12 bits per heavy atom. The highest BCUT2D eigenvalue weighted by molar-refractivity contribution is 7.22. The molecule has 3 aromatic rings. The fourth-order valence-electron chi connectivity index (χ4n) is 1.59. The molecule has 0 saturated carbocycles. The molecule has 1 N–H and O–H groups in total. The summed E-state index contributed by atoms with van der Waals surface area (Å²) in [6.45, 7) is 2.96. The zero-order valence-electron chi connectivity index (χ0n) is 9.30. The minimum absolute atomic E-state index is 0.896. The van der Waals surface area contributed by atoms with Crippen molar-refractivity contribution in [1.29, 1.82) is 0 Å². The van der Waals surface area contributed by atoms with Crippen LogP contribution < -0.4 is 5.32 Å². The molecule has 3 nitrogen and oxygen atoms in total. The van der Waals surface area contributed by atoms with Gasteiger partial charge >= 0.3 is 0 Å². The van der Waals surface area contributed by atoms with Gasteiger partial charge in [-0.15, -0.1) is 22.7 Å². The first-order valence-corrected chi connectivity index (χ1v) is 7.12. The lowest BCUT2D eigenvalue weighted by Gasteiger charge is -1.93. The monoisotopic (exact) mass is 261 g/mol. The molecule has 1 aromatic carbocycles. The topological polar surface area (TPSA) is 37.8 Å². The van der Waals surface area contributed by atoms with E-state index in [2.05, 4.69) is 33.7 Å². The van der Waals surface area contributed by atoms with E-state index in [0.717, 1.165) is 27.9 Å². The van der Waals surface area contributed by atoms with Crippen molar-refractivity contribution in [3.8, 4) is 10.7 Å². The first-order chi connectivity index (χ1) is 8.36. The standard InChI is InChI=1S/C12H11N3S2/c1-2-13-12-15-9(7-16-12)11-14-8-5-3-4-6-10(8)17-11/h3-7H,2H2,1H3,(H,13,15). The first-order valence-electron chi connectivity index (χ1n) is 5.42. The third-order valence-electron chi connectivity index (χ3n) is 2.35. The van der Waals surface area contributed by atoms with E-state index in [4.69, 9.17) is 0 Å². The van der Waals surface area contributed by atoms with Crippen LogP contribution in [-0.2, 0) is 0 Å². The minimum atomic E-state index is 0.896. The molecular weight excluding hydrogens is 250 g/mol. The lowest BCUT2D eigenvalue weighted by molar-refractivity contribution is 1.19. The number of benzene rings is 1. The van der Waals surface area contributed by atoms with E-state index in [-0.39, 0.29) is 0 Å². The molecule has 3 rings (SSSR count). The lowest BCUT2D eigenvalue weighted by atomic mass is 10.3. The second-order valence-corrected chi connectivity index (χ2v) is 5.44. The third-order valence-corrected chi connectivity index (χ3v) is 4.20. The predicted octanol–water partition coefficient (Wildman–Crippen LogP) is 3.85. The van der Waals surface area contributed by atoms with Crippen molar-refractivity contribution in [2.45, 2.75) is 6.92 Å². The van der Waals surface area contributed by atoms with E-state index in [9.17, 15) is 0 Å². The van der Waals surface area contributed by atoms with Gasteiger partial charge < -0.3 is 5.32 Å². The summed E-state index contributed by atoms with van der Waals surface area (Å²) in [5, 5.41) is 7.22. The number of anilines is 1. The maximum absolute atomic E-state index is 4.59. The quantitative estimate of drug-likeness (QED) is 0.778. The number of fused-ring (bicyclic) bond motifs is 1. The van der Waals surface area contributed by atoms with Gasteiger partial charge in [-0.05, 0) is 19.1 Å². The molecule has 17 heavy (non-hydrogen) atoms. The third kappa shape index (κ3) is 2.03. The number of thiazole rings is 2. The van der Waals surface area contributed by atoms with Crippen molar-refractivity contribution in [2.24, 2.45) is 0 Å². The molecule has 0 fully saturated rings. The second kappa shape index (κ2) is 4.43. The van der Waals surface area contributed by atoms with Gasteiger partial charge in [0.15, 0.2) is 5.13 Å². The molecule has 86 valence electrons. The fourth-order valence-corrected chi connectivity index (χ4v) is 3.35. The van der Waals surface area contributed by atoms with E-state index in [1.54, 1.807) is 22.7 Å². The summed E-state index contributed by atoms with van der Waals surface area (Å²) in [6, 6.07) is 8.17. The zero-order valence-corrected chi connectivity index (χ0v) is 10.9. The Bertz CT molecular complexity index is 609. The molecule has 0 amide bonds. The van der Waals surface area contributed by atoms with Gasteiger partial charge in [-0.3, -0.25) is 0 Å². The van der Waals surface area contributed by atoms with Crippen LogP contribution in [0.4, 0.5) is 5.13 Å². The molecular formula is C12H11N3S2. The fraction of sp³-hybridized carbons (Fsp3) is 0.167. The summed E-state index contributed by atoms with van der Waals surface area (Å²) in [6.07, 6.45) is 0. The number of aromatic nitrogens is 2. The summed E-state index contributed by atoms with van der Waals surface area (Å²) in [5.41, 5.74) is 2.01. The molecule has 0 saturated heterocycles. The van der Waals surface area contributed by atoms with Crippen molar-refractivity contribution >= 4 is 38.0 Å². The van der Waals surface area contributed by atoms with Crippen LogP contribution in [0.15, 0.2) is 29.6 Å². The molecule has 5 heteroatoms. The van der Waals surface area contributed by atoms with E-state index in [0.29, 0.717) is 0 Å². The Kier molecular flexibility index (Phi) is 2.78. The Morgan fingerprint density at radius 3 is 2.94 bits per heavy atom. The van der Waals surface area contributed by atoms with E-state index in [1.165, 1.54) is 4.70 Å². The smallest absolute Gasteiger partial charge is 0.183 e. The van der Waals surface area contributed by atoms with Gasteiger partial charge in [0.25, 0.3) is 0 Å². The van der Waals surface area contributed by atoms with Gasteiger partial charge in [0.05, 0.1) is 10.2 Å².